The second-order valence-corrected chi connectivity index (χ2v) is 6.34. The summed E-state index contributed by atoms with van der Waals surface area (Å²) in [6, 6.07) is 6.03. The van der Waals surface area contributed by atoms with Crippen LogP contribution in [0.15, 0.2) is 22.7 Å². The lowest BCUT2D eigenvalue weighted by atomic mass is 9.87. The number of methoxy groups -OCH3 is 1. The molecular formula is C15H22BrNO2. The normalized spacial score (nSPS) is 17.6. The standard InChI is InChI=1S/C15H22BrNO2/c1-19-14-5-4-13(16)8-12(14)9-17-10-15(11-18)6-2-3-7-15/h4-5,8,17-18H,2-3,6-7,9-11H2,1H3. The van der Waals surface area contributed by atoms with Gasteiger partial charge in [-0.2, -0.15) is 0 Å². The highest BCUT2D eigenvalue weighted by Gasteiger charge is 2.32. The van der Waals surface area contributed by atoms with Gasteiger partial charge in [-0.15, -0.1) is 0 Å². The van der Waals surface area contributed by atoms with Crippen LogP contribution < -0.4 is 10.1 Å². The largest absolute Gasteiger partial charge is 0.496 e. The van der Waals surface area contributed by atoms with Crippen molar-refractivity contribution < 1.29 is 9.84 Å². The Hall–Kier alpha value is -0.580. The van der Waals surface area contributed by atoms with Crippen molar-refractivity contribution in [3.63, 3.8) is 0 Å². The Bertz CT molecular complexity index is 417. The number of hydrogen-bond acceptors (Lipinski definition) is 3. The fraction of sp³-hybridized carbons (Fsp3) is 0.600. The molecule has 0 heterocycles. The van der Waals surface area contributed by atoms with Crippen LogP contribution in [-0.4, -0.2) is 25.4 Å². The molecule has 1 aliphatic carbocycles. The van der Waals surface area contributed by atoms with E-state index in [2.05, 4.69) is 27.3 Å². The fourth-order valence-electron chi connectivity index (χ4n) is 2.86. The Kier molecular flexibility index (Phi) is 5.25. The lowest BCUT2D eigenvalue weighted by Gasteiger charge is -2.27. The van der Waals surface area contributed by atoms with Gasteiger partial charge in [-0.3, -0.25) is 0 Å². The molecule has 19 heavy (non-hydrogen) atoms. The highest BCUT2D eigenvalue weighted by Crippen LogP contribution is 2.37. The van der Waals surface area contributed by atoms with Gasteiger partial charge in [0.15, 0.2) is 0 Å². The van der Waals surface area contributed by atoms with Gasteiger partial charge < -0.3 is 15.2 Å². The van der Waals surface area contributed by atoms with Gasteiger partial charge in [-0.25, -0.2) is 0 Å². The van der Waals surface area contributed by atoms with Crippen LogP contribution in [0.1, 0.15) is 31.2 Å². The summed E-state index contributed by atoms with van der Waals surface area (Å²) < 4.78 is 6.42. The Balaban J connectivity index is 1.93. The number of aliphatic hydroxyl groups excluding tert-OH is 1. The SMILES string of the molecule is COc1ccc(Br)cc1CNCC1(CO)CCCC1. The summed E-state index contributed by atoms with van der Waals surface area (Å²) >= 11 is 3.48. The number of aliphatic hydroxyl groups is 1. The van der Waals surface area contributed by atoms with Crippen LogP contribution in [0.2, 0.25) is 0 Å². The lowest BCUT2D eigenvalue weighted by molar-refractivity contribution is 0.128. The molecule has 0 bridgehead atoms. The van der Waals surface area contributed by atoms with Crippen molar-refractivity contribution in [2.45, 2.75) is 32.2 Å². The molecule has 0 radical (unpaired) electrons. The van der Waals surface area contributed by atoms with Crippen LogP contribution in [0.3, 0.4) is 0 Å². The Morgan fingerprint density at radius 3 is 2.74 bits per heavy atom. The zero-order chi connectivity index (χ0) is 13.7. The van der Waals surface area contributed by atoms with E-state index in [1.807, 2.05) is 12.1 Å². The molecule has 1 aromatic carbocycles. The fourth-order valence-corrected chi connectivity index (χ4v) is 3.27. The molecule has 0 spiro atoms. The molecule has 0 saturated heterocycles. The predicted molar refractivity (Wildman–Crippen MR) is 80.4 cm³/mol. The summed E-state index contributed by atoms with van der Waals surface area (Å²) in [4.78, 5) is 0. The summed E-state index contributed by atoms with van der Waals surface area (Å²) in [5, 5.41) is 13.1. The first-order valence-corrected chi connectivity index (χ1v) is 7.62. The van der Waals surface area contributed by atoms with Gasteiger partial charge in [0.2, 0.25) is 0 Å². The van der Waals surface area contributed by atoms with Gasteiger partial charge in [-0.05, 0) is 31.0 Å². The summed E-state index contributed by atoms with van der Waals surface area (Å²) in [6.07, 6.45) is 4.74. The minimum Gasteiger partial charge on any atom is -0.496 e. The molecule has 4 heteroatoms. The molecule has 1 aliphatic rings. The van der Waals surface area contributed by atoms with E-state index in [0.29, 0.717) is 0 Å². The van der Waals surface area contributed by atoms with E-state index in [9.17, 15) is 5.11 Å². The van der Waals surface area contributed by atoms with Crippen LogP contribution in [0.5, 0.6) is 5.75 Å². The van der Waals surface area contributed by atoms with Crippen molar-refractivity contribution in [1.29, 1.82) is 0 Å². The molecule has 2 rings (SSSR count). The van der Waals surface area contributed by atoms with Crippen LogP contribution in [-0.2, 0) is 6.54 Å². The first kappa shape index (κ1) is 14.8. The van der Waals surface area contributed by atoms with Crippen molar-refractivity contribution in [3.05, 3.63) is 28.2 Å². The average molecular weight is 328 g/mol. The van der Waals surface area contributed by atoms with E-state index in [-0.39, 0.29) is 12.0 Å². The van der Waals surface area contributed by atoms with E-state index < -0.39 is 0 Å². The predicted octanol–water partition coefficient (Wildman–Crippen LogP) is 3.10. The van der Waals surface area contributed by atoms with Crippen LogP contribution >= 0.6 is 15.9 Å². The monoisotopic (exact) mass is 327 g/mol. The lowest BCUT2D eigenvalue weighted by Crippen LogP contribution is -2.34. The number of ether oxygens (including phenoxy) is 1. The van der Waals surface area contributed by atoms with Gasteiger partial charge in [0.05, 0.1) is 7.11 Å². The topological polar surface area (TPSA) is 41.5 Å². The number of benzene rings is 1. The van der Waals surface area contributed by atoms with Gasteiger partial charge >= 0.3 is 0 Å². The minimum atomic E-state index is 0.0965. The molecule has 3 nitrogen and oxygen atoms in total. The van der Waals surface area contributed by atoms with Crippen LogP contribution in [0, 0.1) is 5.41 Å². The van der Waals surface area contributed by atoms with Crippen LogP contribution in [0.25, 0.3) is 0 Å². The molecule has 1 aromatic rings. The minimum absolute atomic E-state index is 0.0965. The second kappa shape index (κ2) is 6.73. The Labute approximate surface area is 123 Å². The van der Waals surface area contributed by atoms with E-state index in [4.69, 9.17) is 4.74 Å². The van der Waals surface area contributed by atoms with Crippen molar-refractivity contribution in [1.82, 2.24) is 5.32 Å². The van der Waals surface area contributed by atoms with Gasteiger partial charge in [0, 0.05) is 35.1 Å². The third-order valence-electron chi connectivity index (χ3n) is 4.06. The number of rotatable bonds is 6. The van der Waals surface area contributed by atoms with E-state index >= 15 is 0 Å². The molecule has 0 atom stereocenters. The summed E-state index contributed by atoms with van der Waals surface area (Å²) in [6.45, 7) is 1.93. The van der Waals surface area contributed by atoms with Crippen molar-refractivity contribution in [2.24, 2.45) is 5.41 Å². The molecule has 1 fully saturated rings. The van der Waals surface area contributed by atoms with Crippen LogP contribution in [0.4, 0.5) is 0 Å². The quantitative estimate of drug-likeness (QED) is 0.843. The zero-order valence-corrected chi connectivity index (χ0v) is 13.0. The molecule has 1 saturated carbocycles. The Morgan fingerprint density at radius 1 is 1.37 bits per heavy atom. The maximum Gasteiger partial charge on any atom is 0.123 e. The molecule has 0 amide bonds. The maximum absolute atomic E-state index is 9.59. The van der Waals surface area contributed by atoms with E-state index in [1.165, 1.54) is 12.8 Å². The third-order valence-corrected chi connectivity index (χ3v) is 4.55. The summed E-state index contributed by atoms with van der Waals surface area (Å²) in [5.41, 5.74) is 1.24. The first-order valence-electron chi connectivity index (χ1n) is 6.83. The smallest absolute Gasteiger partial charge is 0.123 e. The molecule has 0 aromatic heterocycles. The maximum atomic E-state index is 9.59. The molecule has 2 N–H and O–H groups in total. The highest BCUT2D eigenvalue weighted by atomic mass is 79.9. The van der Waals surface area contributed by atoms with Crippen molar-refractivity contribution in [3.8, 4) is 5.75 Å². The zero-order valence-electron chi connectivity index (χ0n) is 11.4. The number of hydrogen-bond donors (Lipinski definition) is 2. The number of halogens is 1. The molecule has 0 unspecified atom stereocenters. The molecular weight excluding hydrogens is 306 g/mol. The molecule has 106 valence electrons. The van der Waals surface area contributed by atoms with Crippen molar-refractivity contribution >= 4 is 15.9 Å². The van der Waals surface area contributed by atoms with Gasteiger partial charge in [0.1, 0.15) is 5.75 Å². The van der Waals surface area contributed by atoms with E-state index in [1.54, 1.807) is 7.11 Å². The third kappa shape index (κ3) is 3.71. The van der Waals surface area contributed by atoms with Crippen molar-refractivity contribution in [2.75, 3.05) is 20.3 Å². The Morgan fingerprint density at radius 2 is 2.11 bits per heavy atom. The van der Waals surface area contributed by atoms with E-state index in [0.717, 1.165) is 41.7 Å². The molecule has 0 aliphatic heterocycles. The summed E-state index contributed by atoms with van der Waals surface area (Å²) in [5.74, 6) is 0.903. The van der Waals surface area contributed by atoms with Gasteiger partial charge in [-0.1, -0.05) is 28.8 Å². The average Bonchev–Trinajstić information content (AvgIpc) is 2.88. The number of nitrogens with one attached hydrogen (secondary N) is 1. The highest BCUT2D eigenvalue weighted by molar-refractivity contribution is 9.10. The summed E-state index contributed by atoms with van der Waals surface area (Å²) in [7, 11) is 1.69. The van der Waals surface area contributed by atoms with Gasteiger partial charge in [0.25, 0.3) is 0 Å². The second-order valence-electron chi connectivity index (χ2n) is 5.42. The first-order chi connectivity index (χ1) is 9.19.